The maximum atomic E-state index is 12.4. The maximum absolute atomic E-state index is 12.4. The lowest BCUT2D eigenvalue weighted by Gasteiger charge is -2.11. The Hall–Kier alpha value is -2.35. The zero-order valence-electron chi connectivity index (χ0n) is 11.5. The Morgan fingerprint density at radius 2 is 2.09 bits per heavy atom. The Bertz CT molecular complexity index is 653. The molecule has 22 heavy (non-hydrogen) atoms. The SMILES string of the molecule is O=C(O)c1cccc(CNCc2nccn2CC(F)(F)F)c1. The monoisotopic (exact) mass is 313 g/mol. The van der Waals surface area contributed by atoms with Crippen LogP contribution >= 0.6 is 0 Å². The number of nitrogens with zero attached hydrogens (tertiary/aromatic N) is 2. The number of rotatable bonds is 6. The minimum atomic E-state index is -4.30. The molecule has 0 saturated heterocycles. The van der Waals surface area contributed by atoms with E-state index in [-0.39, 0.29) is 17.9 Å². The van der Waals surface area contributed by atoms with Crippen molar-refractivity contribution in [2.75, 3.05) is 0 Å². The molecule has 0 bridgehead atoms. The van der Waals surface area contributed by atoms with Crippen molar-refractivity contribution in [3.05, 3.63) is 53.6 Å². The van der Waals surface area contributed by atoms with Gasteiger partial charge in [-0.05, 0) is 17.7 Å². The standard InChI is InChI=1S/C14H14F3N3O2/c15-14(16,17)9-20-5-4-19-12(20)8-18-7-10-2-1-3-11(6-10)13(21)22/h1-6,18H,7-9H2,(H,21,22). The Kier molecular flexibility index (Phi) is 4.81. The summed E-state index contributed by atoms with van der Waals surface area (Å²) < 4.78 is 38.2. The molecule has 0 spiro atoms. The maximum Gasteiger partial charge on any atom is 0.406 e. The van der Waals surface area contributed by atoms with E-state index in [0.717, 1.165) is 10.1 Å². The van der Waals surface area contributed by atoms with Gasteiger partial charge in [0.25, 0.3) is 0 Å². The highest BCUT2D eigenvalue weighted by molar-refractivity contribution is 5.87. The molecule has 0 aliphatic heterocycles. The fourth-order valence-electron chi connectivity index (χ4n) is 1.98. The smallest absolute Gasteiger partial charge is 0.406 e. The number of carboxylic acids is 1. The highest BCUT2D eigenvalue weighted by atomic mass is 19.4. The molecule has 0 atom stereocenters. The van der Waals surface area contributed by atoms with E-state index < -0.39 is 18.7 Å². The van der Waals surface area contributed by atoms with Crippen molar-refractivity contribution in [1.82, 2.24) is 14.9 Å². The summed E-state index contributed by atoms with van der Waals surface area (Å²) in [7, 11) is 0. The summed E-state index contributed by atoms with van der Waals surface area (Å²) in [5.41, 5.74) is 0.895. The van der Waals surface area contributed by atoms with Crippen LogP contribution in [-0.4, -0.2) is 26.8 Å². The van der Waals surface area contributed by atoms with E-state index in [4.69, 9.17) is 5.11 Å². The van der Waals surface area contributed by atoms with Gasteiger partial charge >= 0.3 is 12.1 Å². The van der Waals surface area contributed by atoms with E-state index in [9.17, 15) is 18.0 Å². The lowest BCUT2D eigenvalue weighted by molar-refractivity contribution is -0.141. The van der Waals surface area contributed by atoms with Crippen LogP contribution in [0.1, 0.15) is 21.7 Å². The van der Waals surface area contributed by atoms with Gasteiger partial charge in [-0.15, -0.1) is 0 Å². The van der Waals surface area contributed by atoms with Crippen LogP contribution in [0.3, 0.4) is 0 Å². The third-order valence-electron chi connectivity index (χ3n) is 2.94. The molecule has 0 aliphatic rings. The van der Waals surface area contributed by atoms with Crippen molar-refractivity contribution < 1.29 is 23.1 Å². The third kappa shape index (κ3) is 4.59. The van der Waals surface area contributed by atoms with Crippen LogP contribution in [0.4, 0.5) is 13.2 Å². The quantitative estimate of drug-likeness (QED) is 0.859. The summed E-state index contributed by atoms with van der Waals surface area (Å²) in [4.78, 5) is 14.7. The first-order valence-corrected chi connectivity index (χ1v) is 6.45. The molecule has 0 saturated carbocycles. The van der Waals surface area contributed by atoms with Gasteiger partial charge in [0, 0.05) is 18.9 Å². The molecule has 5 nitrogen and oxygen atoms in total. The van der Waals surface area contributed by atoms with Gasteiger partial charge in [0.2, 0.25) is 0 Å². The second kappa shape index (κ2) is 6.61. The third-order valence-corrected chi connectivity index (χ3v) is 2.94. The van der Waals surface area contributed by atoms with Crippen LogP contribution in [0.15, 0.2) is 36.7 Å². The average molecular weight is 313 g/mol. The van der Waals surface area contributed by atoms with Crippen molar-refractivity contribution in [3.8, 4) is 0 Å². The van der Waals surface area contributed by atoms with Gasteiger partial charge in [-0.2, -0.15) is 13.2 Å². The van der Waals surface area contributed by atoms with Crippen molar-refractivity contribution in [3.63, 3.8) is 0 Å². The Morgan fingerprint density at radius 1 is 1.32 bits per heavy atom. The molecule has 118 valence electrons. The first kappa shape index (κ1) is 16.0. The molecular weight excluding hydrogens is 299 g/mol. The second-order valence-corrected chi connectivity index (χ2v) is 4.70. The fraction of sp³-hybridized carbons (Fsp3) is 0.286. The molecule has 0 fully saturated rings. The van der Waals surface area contributed by atoms with E-state index in [1.807, 2.05) is 0 Å². The van der Waals surface area contributed by atoms with Gasteiger partial charge in [-0.25, -0.2) is 9.78 Å². The Labute approximate surface area is 124 Å². The van der Waals surface area contributed by atoms with Crippen LogP contribution in [0.2, 0.25) is 0 Å². The lowest BCUT2D eigenvalue weighted by atomic mass is 10.1. The number of carbonyl (C=O) groups is 1. The number of aromatic nitrogens is 2. The number of benzene rings is 1. The number of hydrogen-bond acceptors (Lipinski definition) is 3. The van der Waals surface area contributed by atoms with E-state index >= 15 is 0 Å². The molecule has 2 aromatic rings. The van der Waals surface area contributed by atoms with E-state index in [1.54, 1.807) is 12.1 Å². The van der Waals surface area contributed by atoms with Crippen LogP contribution < -0.4 is 5.32 Å². The molecular formula is C14H14F3N3O2. The summed E-state index contributed by atoms with van der Waals surface area (Å²) in [6.07, 6.45) is -1.71. The van der Waals surface area contributed by atoms with Crippen LogP contribution in [-0.2, 0) is 19.6 Å². The molecule has 8 heteroatoms. The number of nitrogens with one attached hydrogen (secondary N) is 1. The zero-order chi connectivity index (χ0) is 16.2. The van der Waals surface area contributed by atoms with Crippen molar-refractivity contribution in [2.24, 2.45) is 0 Å². The lowest BCUT2D eigenvalue weighted by Crippen LogP contribution is -2.22. The predicted octanol–water partition coefficient (Wildman–Crippen LogP) is 2.43. The van der Waals surface area contributed by atoms with E-state index in [2.05, 4.69) is 10.3 Å². The Balaban J connectivity index is 1.93. The molecule has 0 aliphatic carbocycles. The normalized spacial score (nSPS) is 11.6. The molecule has 1 heterocycles. The first-order chi connectivity index (χ1) is 10.3. The topological polar surface area (TPSA) is 67.2 Å². The fourth-order valence-corrected chi connectivity index (χ4v) is 1.98. The number of imidazole rings is 1. The van der Waals surface area contributed by atoms with Gasteiger partial charge in [0.15, 0.2) is 0 Å². The van der Waals surface area contributed by atoms with Gasteiger partial charge in [0.1, 0.15) is 12.4 Å². The predicted molar refractivity (Wildman–Crippen MR) is 72.2 cm³/mol. The largest absolute Gasteiger partial charge is 0.478 e. The van der Waals surface area contributed by atoms with Crippen molar-refractivity contribution in [2.45, 2.75) is 25.8 Å². The summed E-state index contributed by atoms with van der Waals surface area (Å²) >= 11 is 0. The molecule has 0 amide bonds. The summed E-state index contributed by atoms with van der Waals surface area (Å²) in [5.74, 6) is -0.755. The minimum Gasteiger partial charge on any atom is -0.478 e. The van der Waals surface area contributed by atoms with Gasteiger partial charge in [-0.1, -0.05) is 12.1 Å². The molecule has 1 aromatic carbocycles. The first-order valence-electron chi connectivity index (χ1n) is 6.45. The molecule has 0 radical (unpaired) electrons. The van der Waals surface area contributed by atoms with Gasteiger partial charge < -0.3 is 15.0 Å². The summed E-state index contributed by atoms with van der Waals surface area (Å²) in [6.45, 7) is -0.598. The van der Waals surface area contributed by atoms with Gasteiger partial charge in [0.05, 0.1) is 12.1 Å². The minimum absolute atomic E-state index is 0.153. The summed E-state index contributed by atoms with van der Waals surface area (Å²) in [5, 5.41) is 11.8. The number of halogens is 3. The van der Waals surface area contributed by atoms with Gasteiger partial charge in [-0.3, -0.25) is 0 Å². The highest BCUT2D eigenvalue weighted by Gasteiger charge is 2.28. The number of carboxylic acid groups (broad SMARTS) is 1. The van der Waals surface area contributed by atoms with Crippen LogP contribution in [0.25, 0.3) is 0 Å². The zero-order valence-corrected chi connectivity index (χ0v) is 11.5. The number of hydrogen-bond donors (Lipinski definition) is 2. The number of aromatic carboxylic acids is 1. The second-order valence-electron chi connectivity index (χ2n) is 4.70. The summed E-state index contributed by atoms with van der Waals surface area (Å²) in [6, 6.07) is 6.34. The van der Waals surface area contributed by atoms with Crippen LogP contribution in [0.5, 0.6) is 0 Å². The van der Waals surface area contributed by atoms with Crippen molar-refractivity contribution in [1.29, 1.82) is 0 Å². The Morgan fingerprint density at radius 3 is 2.77 bits per heavy atom. The highest BCUT2D eigenvalue weighted by Crippen LogP contribution is 2.18. The molecule has 2 rings (SSSR count). The molecule has 2 N–H and O–H groups in total. The molecule has 0 unspecified atom stereocenters. The van der Waals surface area contributed by atoms with Crippen molar-refractivity contribution >= 4 is 5.97 Å². The van der Waals surface area contributed by atoms with Crippen LogP contribution in [0, 0.1) is 0 Å². The van der Waals surface area contributed by atoms with E-state index in [0.29, 0.717) is 6.54 Å². The van der Waals surface area contributed by atoms with E-state index in [1.165, 1.54) is 24.5 Å². The number of alkyl halides is 3. The molecule has 1 aromatic heterocycles. The average Bonchev–Trinajstić information content (AvgIpc) is 2.84.